The summed E-state index contributed by atoms with van der Waals surface area (Å²) >= 11 is 11.8. The number of carbonyl (C=O) groups is 1. The second kappa shape index (κ2) is 8.06. The molecule has 0 unspecified atom stereocenters. The van der Waals surface area contributed by atoms with E-state index in [9.17, 15) is 13.2 Å². The molecule has 0 spiro atoms. The number of amides is 1. The van der Waals surface area contributed by atoms with E-state index in [1.54, 1.807) is 24.4 Å². The van der Waals surface area contributed by atoms with E-state index in [0.29, 0.717) is 11.2 Å². The van der Waals surface area contributed by atoms with E-state index in [-0.39, 0.29) is 32.3 Å². The molecule has 2 N–H and O–H groups in total. The fourth-order valence-electron chi connectivity index (χ4n) is 2.81. The Hall–Kier alpha value is -2.94. The van der Waals surface area contributed by atoms with Crippen LogP contribution in [0.2, 0.25) is 10.0 Å². The van der Waals surface area contributed by atoms with Crippen LogP contribution in [-0.2, 0) is 16.4 Å². The Balaban J connectivity index is 1.46. The van der Waals surface area contributed by atoms with Crippen molar-refractivity contribution in [2.75, 3.05) is 0 Å². The summed E-state index contributed by atoms with van der Waals surface area (Å²) in [4.78, 5) is 16.7. The van der Waals surface area contributed by atoms with Crippen molar-refractivity contribution < 1.29 is 13.2 Å². The van der Waals surface area contributed by atoms with E-state index in [0.717, 1.165) is 10.9 Å². The van der Waals surface area contributed by atoms with Gasteiger partial charge in [0.05, 0.1) is 31.6 Å². The first-order valence-electron chi connectivity index (χ1n) is 8.71. The van der Waals surface area contributed by atoms with Gasteiger partial charge in [-0.2, -0.15) is 5.10 Å². The van der Waals surface area contributed by atoms with Crippen molar-refractivity contribution in [1.82, 2.24) is 20.5 Å². The third kappa shape index (κ3) is 4.02. The molecular weight excluding hydrogens is 447 g/mol. The first-order valence-corrected chi connectivity index (χ1v) is 10.9. The van der Waals surface area contributed by atoms with Gasteiger partial charge in [-0.15, -0.1) is 0 Å². The van der Waals surface area contributed by atoms with Crippen molar-refractivity contribution in [1.29, 1.82) is 0 Å². The summed E-state index contributed by atoms with van der Waals surface area (Å²) in [6.45, 7) is 0.232. The zero-order valence-corrected chi connectivity index (χ0v) is 17.6. The van der Waals surface area contributed by atoms with Crippen molar-refractivity contribution in [2.24, 2.45) is 0 Å². The largest absolute Gasteiger partial charge is 0.348 e. The molecule has 7 nitrogen and oxygen atoms in total. The number of pyridine rings is 1. The van der Waals surface area contributed by atoms with E-state index in [2.05, 4.69) is 20.5 Å². The summed E-state index contributed by atoms with van der Waals surface area (Å²) in [5, 5.41) is 10.6. The molecule has 2 aromatic heterocycles. The normalized spacial score (nSPS) is 11.5. The van der Waals surface area contributed by atoms with Crippen molar-refractivity contribution in [2.45, 2.75) is 16.3 Å². The number of fused-ring (bicyclic) bond motifs is 1. The van der Waals surface area contributed by atoms with Gasteiger partial charge in [-0.05, 0) is 42.0 Å². The highest BCUT2D eigenvalue weighted by atomic mass is 35.5. The first-order chi connectivity index (χ1) is 14.3. The molecule has 2 aromatic carbocycles. The van der Waals surface area contributed by atoms with E-state index in [1.807, 2.05) is 0 Å². The minimum atomic E-state index is -3.73. The predicted molar refractivity (Wildman–Crippen MR) is 113 cm³/mol. The molecule has 0 fully saturated rings. The Bertz CT molecular complexity index is 1350. The van der Waals surface area contributed by atoms with Crippen LogP contribution in [-0.4, -0.2) is 29.5 Å². The van der Waals surface area contributed by atoms with E-state index in [4.69, 9.17) is 23.2 Å². The van der Waals surface area contributed by atoms with Gasteiger partial charge in [-0.3, -0.25) is 9.89 Å². The van der Waals surface area contributed by atoms with Gasteiger partial charge < -0.3 is 5.32 Å². The lowest BCUT2D eigenvalue weighted by Crippen LogP contribution is -2.22. The maximum absolute atomic E-state index is 12.8. The highest BCUT2D eigenvalue weighted by Gasteiger charge is 2.18. The molecule has 1 amide bonds. The molecule has 4 aromatic rings. The lowest BCUT2D eigenvalue weighted by molar-refractivity contribution is 0.0950. The molecule has 2 heterocycles. The predicted octanol–water partition coefficient (Wildman–Crippen LogP) is 4.03. The zero-order chi connectivity index (χ0) is 21.3. The van der Waals surface area contributed by atoms with Crippen molar-refractivity contribution in [3.8, 4) is 0 Å². The molecule has 10 heteroatoms. The second-order valence-corrected chi connectivity index (χ2v) is 9.20. The number of nitrogens with zero attached hydrogens (tertiary/aromatic N) is 2. The van der Waals surface area contributed by atoms with Crippen LogP contribution in [0.1, 0.15) is 15.9 Å². The fraction of sp³-hybridized carbons (Fsp3) is 0.0500. The van der Waals surface area contributed by atoms with Gasteiger partial charge in [0.15, 0.2) is 5.65 Å². The van der Waals surface area contributed by atoms with Crippen LogP contribution in [0, 0.1) is 0 Å². The third-order valence-corrected chi connectivity index (χ3v) is 6.95. The van der Waals surface area contributed by atoms with Gasteiger partial charge in [-0.1, -0.05) is 35.3 Å². The molecule has 0 aliphatic heterocycles. The highest BCUT2D eigenvalue weighted by Crippen LogP contribution is 2.28. The number of sulfone groups is 1. The standard InChI is InChI=1S/C20H14Cl2N4O3S/c21-17-6-5-16(8-18(17)22)30(28,29)15-3-1-12(2-4-15)9-24-20(27)14-7-13-11-25-26-19(13)23-10-14/h1-8,10-11H,9H2,(H,24,27)(H,23,25,26). The molecule has 0 bridgehead atoms. The van der Waals surface area contributed by atoms with Crippen LogP contribution in [0.3, 0.4) is 0 Å². The minimum Gasteiger partial charge on any atom is -0.348 e. The average molecular weight is 461 g/mol. The average Bonchev–Trinajstić information content (AvgIpc) is 3.22. The summed E-state index contributed by atoms with van der Waals surface area (Å²) in [5.74, 6) is -0.293. The number of rotatable bonds is 5. The lowest BCUT2D eigenvalue weighted by Gasteiger charge is -2.08. The number of aromatic nitrogens is 3. The molecule has 0 radical (unpaired) electrons. The molecule has 0 atom stereocenters. The Kier molecular flexibility index (Phi) is 5.46. The first kappa shape index (κ1) is 20.3. The van der Waals surface area contributed by atoms with Gasteiger partial charge in [0.25, 0.3) is 5.91 Å². The summed E-state index contributed by atoms with van der Waals surface area (Å²) in [5.41, 5.74) is 1.75. The molecule has 152 valence electrons. The Labute approximate surface area is 182 Å². The lowest BCUT2D eigenvalue weighted by atomic mass is 10.2. The van der Waals surface area contributed by atoms with Crippen LogP contribution in [0.4, 0.5) is 0 Å². The van der Waals surface area contributed by atoms with Gasteiger partial charge in [-0.25, -0.2) is 13.4 Å². The number of hydrogen-bond acceptors (Lipinski definition) is 5. The third-order valence-electron chi connectivity index (χ3n) is 4.44. The Morgan fingerprint density at radius 3 is 2.43 bits per heavy atom. The molecular formula is C20H14Cl2N4O3S. The Morgan fingerprint density at radius 2 is 1.70 bits per heavy atom. The molecule has 4 rings (SSSR count). The zero-order valence-electron chi connectivity index (χ0n) is 15.3. The van der Waals surface area contributed by atoms with Gasteiger partial charge in [0.1, 0.15) is 0 Å². The summed E-state index contributed by atoms with van der Waals surface area (Å²) in [6, 6.07) is 12.1. The summed E-state index contributed by atoms with van der Waals surface area (Å²) in [7, 11) is -3.73. The van der Waals surface area contributed by atoms with Crippen LogP contribution in [0.15, 0.2) is 70.7 Å². The van der Waals surface area contributed by atoms with E-state index < -0.39 is 9.84 Å². The van der Waals surface area contributed by atoms with Gasteiger partial charge in [0, 0.05) is 18.1 Å². The number of halogens is 2. The topological polar surface area (TPSA) is 105 Å². The number of benzene rings is 2. The molecule has 0 aliphatic carbocycles. The number of nitrogens with one attached hydrogen (secondary N) is 2. The van der Waals surface area contributed by atoms with Crippen LogP contribution < -0.4 is 5.32 Å². The van der Waals surface area contributed by atoms with Crippen molar-refractivity contribution in [3.63, 3.8) is 0 Å². The number of hydrogen-bond donors (Lipinski definition) is 2. The van der Waals surface area contributed by atoms with Crippen molar-refractivity contribution in [3.05, 3.63) is 82.1 Å². The van der Waals surface area contributed by atoms with Crippen LogP contribution in [0.25, 0.3) is 11.0 Å². The van der Waals surface area contributed by atoms with Crippen LogP contribution >= 0.6 is 23.2 Å². The molecule has 0 saturated heterocycles. The minimum absolute atomic E-state index is 0.0556. The molecule has 0 saturated carbocycles. The number of H-pyrrole nitrogens is 1. The number of aromatic amines is 1. The molecule has 0 aliphatic rings. The SMILES string of the molecule is O=C(NCc1ccc(S(=O)(=O)c2ccc(Cl)c(Cl)c2)cc1)c1cnc2[nH]ncc2c1. The van der Waals surface area contributed by atoms with Gasteiger partial charge in [0.2, 0.25) is 9.84 Å². The van der Waals surface area contributed by atoms with Crippen molar-refractivity contribution >= 4 is 50.0 Å². The monoisotopic (exact) mass is 460 g/mol. The fourth-order valence-corrected chi connectivity index (χ4v) is 4.46. The van der Waals surface area contributed by atoms with E-state index >= 15 is 0 Å². The maximum atomic E-state index is 12.8. The smallest absolute Gasteiger partial charge is 0.253 e. The number of carbonyl (C=O) groups excluding carboxylic acids is 1. The highest BCUT2D eigenvalue weighted by molar-refractivity contribution is 7.91. The summed E-state index contributed by atoms with van der Waals surface area (Å²) in [6.07, 6.45) is 3.05. The second-order valence-electron chi connectivity index (χ2n) is 6.44. The van der Waals surface area contributed by atoms with Gasteiger partial charge >= 0.3 is 0 Å². The van der Waals surface area contributed by atoms with Crippen LogP contribution in [0.5, 0.6) is 0 Å². The summed E-state index contributed by atoms with van der Waals surface area (Å²) < 4.78 is 25.5. The quantitative estimate of drug-likeness (QED) is 0.467. The molecule has 30 heavy (non-hydrogen) atoms. The van der Waals surface area contributed by atoms with E-state index in [1.165, 1.54) is 36.5 Å². The Morgan fingerprint density at radius 1 is 0.967 bits per heavy atom. The maximum Gasteiger partial charge on any atom is 0.253 e.